The highest BCUT2D eigenvalue weighted by molar-refractivity contribution is 14.1. The van der Waals surface area contributed by atoms with Crippen molar-refractivity contribution in [2.75, 3.05) is 18.1 Å². The van der Waals surface area contributed by atoms with Crippen LogP contribution in [0.2, 0.25) is 0 Å². The van der Waals surface area contributed by atoms with Crippen molar-refractivity contribution in [1.82, 2.24) is 4.98 Å². The lowest BCUT2D eigenvalue weighted by Gasteiger charge is -2.24. The van der Waals surface area contributed by atoms with Crippen molar-refractivity contribution in [3.05, 3.63) is 50.2 Å². The second-order valence-corrected chi connectivity index (χ2v) is 9.70. The van der Waals surface area contributed by atoms with Crippen molar-refractivity contribution in [2.24, 2.45) is 5.92 Å². The van der Waals surface area contributed by atoms with Crippen molar-refractivity contribution in [1.29, 1.82) is 0 Å². The molecule has 1 saturated heterocycles. The summed E-state index contributed by atoms with van der Waals surface area (Å²) < 4.78 is 6.65. The predicted molar refractivity (Wildman–Crippen MR) is 126 cm³/mol. The highest BCUT2D eigenvalue weighted by atomic mass is 127. The van der Waals surface area contributed by atoms with Gasteiger partial charge >= 0.3 is 5.91 Å². The van der Waals surface area contributed by atoms with E-state index < -0.39 is 0 Å². The first-order valence-corrected chi connectivity index (χ1v) is 11.9. The zero-order valence-electron chi connectivity index (χ0n) is 17.2. The summed E-state index contributed by atoms with van der Waals surface area (Å²) in [7, 11) is 0. The molecule has 1 aliphatic heterocycles. The quantitative estimate of drug-likeness (QED) is 0.427. The van der Waals surface area contributed by atoms with E-state index in [0.29, 0.717) is 18.3 Å². The fourth-order valence-electron chi connectivity index (χ4n) is 4.34. The molecule has 2 fully saturated rings. The maximum atomic E-state index is 13.5. The molecule has 1 aromatic heterocycles. The summed E-state index contributed by atoms with van der Waals surface area (Å²) in [6.07, 6.45) is 6.45. The van der Waals surface area contributed by atoms with Crippen molar-refractivity contribution in [2.45, 2.75) is 51.4 Å². The van der Waals surface area contributed by atoms with Gasteiger partial charge in [-0.2, -0.15) is 0 Å². The minimum absolute atomic E-state index is 0.144. The van der Waals surface area contributed by atoms with Crippen LogP contribution in [0, 0.1) is 28.3 Å². The lowest BCUT2D eigenvalue weighted by molar-refractivity contribution is -0.112. The molecule has 0 radical (unpaired) electrons. The van der Waals surface area contributed by atoms with Crippen LogP contribution in [0.1, 0.15) is 54.0 Å². The van der Waals surface area contributed by atoms with Crippen LogP contribution in [0.15, 0.2) is 24.3 Å². The number of ether oxygens (including phenoxy) is 1. The Labute approximate surface area is 191 Å². The van der Waals surface area contributed by atoms with Crippen LogP contribution in [-0.4, -0.2) is 24.1 Å². The van der Waals surface area contributed by atoms with E-state index in [-0.39, 0.29) is 11.8 Å². The average molecular weight is 512 g/mol. The van der Waals surface area contributed by atoms with Crippen molar-refractivity contribution >= 4 is 40.0 Å². The third-order valence-electron chi connectivity index (χ3n) is 6.22. The summed E-state index contributed by atoms with van der Waals surface area (Å²) in [5, 5.41) is 0. The van der Waals surface area contributed by atoms with E-state index in [1.54, 1.807) is 4.90 Å². The molecular weight excluding hydrogens is 487 g/mol. The maximum Gasteiger partial charge on any atom is 0.308 e. The van der Waals surface area contributed by atoms with Crippen LogP contribution in [0.25, 0.3) is 0 Å². The van der Waals surface area contributed by atoms with Gasteiger partial charge < -0.3 is 4.74 Å². The Morgan fingerprint density at radius 1 is 1.23 bits per heavy atom. The summed E-state index contributed by atoms with van der Waals surface area (Å²) in [6.45, 7) is 3.45. The van der Waals surface area contributed by atoms with E-state index in [1.165, 1.54) is 33.1 Å². The van der Waals surface area contributed by atoms with Crippen LogP contribution in [0.4, 0.5) is 11.5 Å². The van der Waals surface area contributed by atoms with Crippen LogP contribution in [0.5, 0.6) is 0 Å². The third kappa shape index (κ3) is 4.00. The molecule has 2 aromatic rings. The van der Waals surface area contributed by atoms with E-state index in [2.05, 4.69) is 59.6 Å². The van der Waals surface area contributed by atoms with Crippen molar-refractivity contribution < 1.29 is 9.53 Å². The fraction of sp³-hybridized carbons (Fsp3) is 0.440. The molecule has 4 nitrogen and oxygen atoms in total. The van der Waals surface area contributed by atoms with Crippen LogP contribution < -0.4 is 4.90 Å². The zero-order valence-corrected chi connectivity index (χ0v) is 19.4. The fourth-order valence-corrected chi connectivity index (χ4v) is 4.83. The Morgan fingerprint density at radius 3 is 2.87 bits per heavy atom. The van der Waals surface area contributed by atoms with Gasteiger partial charge in [0, 0.05) is 21.8 Å². The Morgan fingerprint density at radius 2 is 2.10 bits per heavy atom. The lowest BCUT2D eigenvalue weighted by atomic mass is 10.0. The maximum absolute atomic E-state index is 13.5. The number of hydrogen-bond donors (Lipinski definition) is 0. The Hall–Kier alpha value is -1.91. The Balaban J connectivity index is 1.60. The third-order valence-corrected chi connectivity index (χ3v) is 7.39. The molecule has 154 valence electrons. The summed E-state index contributed by atoms with van der Waals surface area (Å²) in [6, 6.07) is 8.52. The molecule has 3 aliphatic rings. The number of carbonyl (C=O) groups excluding carboxylic acids is 1. The highest BCUT2D eigenvalue weighted by Crippen LogP contribution is 2.46. The van der Waals surface area contributed by atoms with Gasteiger partial charge in [-0.05, 0) is 115 Å². The van der Waals surface area contributed by atoms with E-state index in [1.807, 2.05) is 6.07 Å². The van der Waals surface area contributed by atoms with Gasteiger partial charge in [0.2, 0.25) is 0 Å². The Kier molecular flexibility index (Phi) is 5.55. The van der Waals surface area contributed by atoms with Gasteiger partial charge in [0.1, 0.15) is 5.82 Å². The second-order valence-electron chi connectivity index (χ2n) is 8.53. The van der Waals surface area contributed by atoms with Crippen LogP contribution >= 0.6 is 22.6 Å². The number of aryl methyl sites for hydroxylation is 3. The molecular formula is C25H25IN2O2. The first-order chi connectivity index (χ1) is 14.6. The normalized spacial score (nSPS) is 19.9. The molecule has 5 rings (SSSR count). The summed E-state index contributed by atoms with van der Waals surface area (Å²) >= 11 is 2.39. The van der Waals surface area contributed by atoms with Gasteiger partial charge in [-0.15, -0.1) is 0 Å². The number of pyridine rings is 1. The molecule has 1 amide bonds. The standard InChI is InChI=1S/C25H25IN2O2/c1-16-13-23(20(14-21(16)26)18-6-7-18)28(25(29)10-5-17-11-12-30-15-17)24-9-8-19-3-2-4-22(19)27-24/h8-9,13-14,17-18H,2-4,6-7,11-12,15H2,1H3/t17-/m1/s1. The second kappa shape index (κ2) is 8.32. The summed E-state index contributed by atoms with van der Waals surface area (Å²) in [4.78, 5) is 20.1. The minimum Gasteiger partial charge on any atom is -0.380 e. The Bertz CT molecular complexity index is 1060. The first kappa shape index (κ1) is 20.0. The highest BCUT2D eigenvalue weighted by Gasteiger charge is 2.31. The molecule has 5 heteroatoms. The van der Waals surface area contributed by atoms with Gasteiger partial charge in [0.05, 0.1) is 12.3 Å². The molecule has 2 heterocycles. The molecule has 2 aliphatic carbocycles. The number of amides is 1. The average Bonchev–Trinajstić information content (AvgIpc) is 3.24. The van der Waals surface area contributed by atoms with Gasteiger partial charge in [-0.3, -0.25) is 9.69 Å². The molecule has 1 aromatic carbocycles. The molecule has 1 atom stereocenters. The molecule has 0 N–H and O–H groups in total. The zero-order chi connectivity index (χ0) is 20.7. The minimum atomic E-state index is -0.199. The number of hydrogen-bond acceptors (Lipinski definition) is 3. The smallest absolute Gasteiger partial charge is 0.308 e. The number of fused-ring (bicyclic) bond motifs is 1. The lowest BCUT2D eigenvalue weighted by Crippen LogP contribution is -2.27. The first-order valence-electron chi connectivity index (χ1n) is 10.8. The monoisotopic (exact) mass is 512 g/mol. The number of rotatable bonds is 3. The molecule has 0 spiro atoms. The molecule has 0 bridgehead atoms. The predicted octanol–water partition coefficient (Wildman–Crippen LogP) is 5.07. The van der Waals surface area contributed by atoms with Crippen LogP contribution in [0.3, 0.4) is 0 Å². The topological polar surface area (TPSA) is 42.4 Å². The van der Waals surface area contributed by atoms with Crippen LogP contribution in [-0.2, 0) is 22.4 Å². The van der Waals surface area contributed by atoms with E-state index in [4.69, 9.17) is 9.72 Å². The number of nitrogens with zero attached hydrogens (tertiary/aromatic N) is 2. The number of aromatic nitrogens is 1. The number of anilines is 2. The van der Waals surface area contributed by atoms with Gasteiger partial charge in [-0.25, -0.2) is 4.98 Å². The van der Waals surface area contributed by atoms with Crippen molar-refractivity contribution in [3.8, 4) is 11.8 Å². The van der Waals surface area contributed by atoms with Gasteiger partial charge in [-0.1, -0.05) is 12.0 Å². The number of halogens is 1. The van der Waals surface area contributed by atoms with E-state index >= 15 is 0 Å². The molecule has 1 saturated carbocycles. The SMILES string of the molecule is Cc1cc(N(C(=O)C#C[C@@H]2CCOC2)c2ccc3c(n2)CCC3)c(C2CC2)cc1I. The van der Waals surface area contributed by atoms with E-state index in [9.17, 15) is 4.79 Å². The number of carbonyl (C=O) groups is 1. The summed E-state index contributed by atoms with van der Waals surface area (Å²) in [5.74, 6) is 7.24. The van der Waals surface area contributed by atoms with Crippen molar-refractivity contribution in [3.63, 3.8) is 0 Å². The largest absolute Gasteiger partial charge is 0.380 e. The molecule has 0 unspecified atom stereocenters. The van der Waals surface area contributed by atoms with E-state index in [0.717, 1.165) is 43.7 Å². The van der Waals surface area contributed by atoms with Gasteiger partial charge in [0.25, 0.3) is 0 Å². The number of benzene rings is 1. The van der Waals surface area contributed by atoms with Gasteiger partial charge in [0.15, 0.2) is 0 Å². The molecule has 30 heavy (non-hydrogen) atoms. The summed E-state index contributed by atoms with van der Waals surface area (Å²) in [5.41, 5.74) is 5.79.